The number of carbonyl (C=O) groups is 4. The summed E-state index contributed by atoms with van der Waals surface area (Å²) in [4.78, 5) is 57.1. The van der Waals surface area contributed by atoms with Crippen molar-refractivity contribution in [2.24, 2.45) is 5.92 Å². The smallest absolute Gasteiger partial charge is 0.317 e. The van der Waals surface area contributed by atoms with E-state index in [9.17, 15) is 29.4 Å². The fourth-order valence-corrected chi connectivity index (χ4v) is 4.84. The number of hydrogen-bond donors (Lipinski definition) is 2. The maximum atomic E-state index is 13.1. The van der Waals surface area contributed by atoms with E-state index in [1.54, 1.807) is 6.92 Å². The van der Waals surface area contributed by atoms with Crippen LogP contribution in [0.4, 0.5) is 0 Å². The van der Waals surface area contributed by atoms with E-state index in [0.717, 1.165) is 25.9 Å². The van der Waals surface area contributed by atoms with Gasteiger partial charge in [0, 0.05) is 71.9 Å². The molecule has 0 aliphatic carbocycles. The number of piperidine rings is 1. The van der Waals surface area contributed by atoms with Crippen molar-refractivity contribution < 1.29 is 29.4 Å². The third-order valence-corrected chi connectivity index (χ3v) is 7.00. The van der Waals surface area contributed by atoms with Crippen molar-refractivity contribution in [3.05, 3.63) is 0 Å². The summed E-state index contributed by atoms with van der Waals surface area (Å²) < 4.78 is 0. The first-order valence-electron chi connectivity index (χ1n) is 12.8. The van der Waals surface area contributed by atoms with Crippen LogP contribution in [0.5, 0.6) is 0 Å². The van der Waals surface area contributed by atoms with E-state index in [4.69, 9.17) is 0 Å². The SMILES string of the molecule is CCN1CCN(CC(=O)O)CCN(CC(=O)O)CCN(CC(=O)N2CCC(CC(C)=O)CC2)CC1. The molecule has 0 aromatic rings. The lowest BCUT2D eigenvalue weighted by atomic mass is 9.92. The highest BCUT2D eigenvalue weighted by molar-refractivity contribution is 5.78. The molecular weight excluding hydrogens is 454 g/mol. The van der Waals surface area contributed by atoms with Crippen LogP contribution in [0.25, 0.3) is 0 Å². The first kappa shape index (κ1) is 29.2. The largest absolute Gasteiger partial charge is 0.480 e. The molecule has 0 bridgehead atoms. The summed E-state index contributed by atoms with van der Waals surface area (Å²) in [5.74, 6) is -1.16. The summed E-state index contributed by atoms with van der Waals surface area (Å²) in [7, 11) is 0. The number of amides is 1. The number of rotatable bonds is 9. The van der Waals surface area contributed by atoms with Crippen molar-refractivity contribution >= 4 is 23.6 Å². The van der Waals surface area contributed by atoms with Crippen molar-refractivity contribution in [1.82, 2.24) is 24.5 Å². The molecule has 1 amide bonds. The Morgan fingerprint density at radius 1 is 0.657 bits per heavy atom. The van der Waals surface area contributed by atoms with Crippen LogP contribution in [0.3, 0.4) is 0 Å². The van der Waals surface area contributed by atoms with E-state index in [1.807, 2.05) is 14.7 Å². The molecule has 11 nitrogen and oxygen atoms in total. The van der Waals surface area contributed by atoms with E-state index in [1.165, 1.54) is 0 Å². The second kappa shape index (κ2) is 15.1. The van der Waals surface area contributed by atoms with Gasteiger partial charge in [-0.25, -0.2) is 0 Å². The Labute approximate surface area is 208 Å². The summed E-state index contributed by atoms with van der Waals surface area (Å²) in [6, 6.07) is 0. The van der Waals surface area contributed by atoms with Crippen LogP contribution < -0.4 is 0 Å². The number of likely N-dealkylation sites (tertiary alicyclic amines) is 1. The lowest BCUT2D eigenvalue weighted by Crippen LogP contribution is -2.50. The van der Waals surface area contributed by atoms with Crippen molar-refractivity contribution in [3.63, 3.8) is 0 Å². The topological polar surface area (TPSA) is 125 Å². The van der Waals surface area contributed by atoms with Gasteiger partial charge in [0.1, 0.15) is 5.78 Å². The molecule has 11 heteroatoms. The Kier molecular flexibility index (Phi) is 12.6. The van der Waals surface area contributed by atoms with E-state index in [2.05, 4.69) is 16.7 Å². The van der Waals surface area contributed by atoms with E-state index in [-0.39, 0.29) is 24.8 Å². The zero-order valence-electron chi connectivity index (χ0n) is 21.4. The van der Waals surface area contributed by atoms with Gasteiger partial charge >= 0.3 is 11.9 Å². The highest BCUT2D eigenvalue weighted by atomic mass is 16.4. The summed E-state index contributed by atoms with van der Waals surface area (Å²) >= 11 is 0. The molecule has 0 radical (unpaired) electrons. The second-order valence-corrected chi connectivity index (χ2v) is 9.78. The van der Waals surface area contributed by atoms with Gasteiger partial charge in [-0.05, 0) is 32.2 Å². The minimum Gasteiger partial charge on any atom is -0.480 e. The average molecular weight is 498 g/mol. The highest BCUT2D eigenvalue weighted by Gasteiger charge is 2.25. The van der Waals surface area contributed by atoms with E-state index in [0.29, 0.717) is 77.8 Å². The van der Waals surface area contributed by atoms with Crippen LogP contribution in [0.1, 0.15) is 33.1 Å². The molecule has 2 aliphatic rings. The van der Waals surface area contributed by atoms with E-state index >= 15 is 0 Å². The maximum absolute atomic E-state index is 13.1. The predicted octanol–water partition coefficient (Wildman–Crippen LogP) is -0.385. The predicted molar refractivity (Wildman–Crippen MR) is 131 cm³/mol. The molecule has 0 aromatic heterocycles. The van der Waals surface area contributed by atoms with Crippen molar-refractivity contribution in [3.8, 4) is 0 Å². The van der Waals surface area contributed by atoms with Crippen molar-refractivity contribution in [2.75, 3.05) is 91.6 Å². The molecule has 2 aliphatic heterocycles. The second-order valence-electron chi connectivity index (χ2n) is 9.78. The van der Waals surface area contributed by atoms with Crippen molar-refractivity contribution in [2.45, 2.75) is 33.1 Å². The molecule has 2 N–H and O–H groups in total. The molecule has 200 valence electrons. The normalized spacial score (nSPS) is 21.3. The number of carboxylic acids is 2. The number of carboxylic acid groups (broad SMARTS) is 2. The van der Waals surface area contributed by atoms with Gasteiger partial charge in [-0.15, -0.1) is 0 Å². The number of Topliss-reactive ketones (excluding diaryl/α,β-unsaturated/α-hetero) is 1. The Bertz CT molecular complexity index is 713. The fraction of sp³-hybridized carbons (Fsp3) is 0.833. The lowest BCUT2D eigenvalue weighted by Gasteiger charge is -2.35. The molecule has 0 atom stereocenters. The Morgan fingerprint density at radius 3 is 1.43 bits per heavy atom. The van der Waals surface area contributed by atoms with Crippen LogP contribution in [-0.4, -0.2) is 150 Å². The van der Waals surface area contributed by atoms with Gasteiger partial charge in [0.15, 0.2) is 0 Å². The third-order valence-electron chi connectivity index (χ3n) is 7.00. The van der Waals surface area contributed by atoms with Crippen LogP contribution in [0, 0.1) is 5.92 Å². The molecule has 0 unspecified atom stereocenters. The first-order chi connectivity index (χ1) is 16.7. The number of aliphatic carboxylic acids is 2. The Morgan fingerprint density at radius 2 is 1.06 bits per heavy atom. The van der Waals surface area contributed by atoms with Crippen LogP contribution >= 0.6 is 0 Å². The van der Waals surface area contributed by atoms with Crippen LogP contribution in [0.2, 0.25) is 0 Å². The molecule has 2 saturated heterocycles. The van der Waals surface area contributed by atoms with Gasteiger partial charge in [-0.2, -0.15) is 0 Å². The monoisotopic (exact) mass is 497 g/mol. The van der Waals surface area contributed by atoms with Gasteiger partial charge in [0.05, 0.1) is 19.6 Å². The quantitative estimate of drug-likeness (QED) is 0.435. The molecule has 35 heavy (non-hydrogen) atoms. The fourth-order valence-electron chi connectivity index (χ4n) is 4.84. The summed E-state index contributed by atoms with van der Waals surface area (Å²) in [5.41, 5.74) is 0. The summed E-state index contributed by atoms with van der Waals surface area (Å²) in [5, 5.41) is 18.6. The van der Waals surface area contributed by atoms with Gasteiger partial charge < -0.3 is 24.8 Å². The Balaban J connectivity index is 2.00. The van der Waals surface area contributed by atoms with Gasteiger partial charge in [-0.1, -0.05) is 6.92 Å². The minimum atomic E-state index is -0.921. The molecule has 0 spiro atoms. The summed E-state index contributed by atoms with van der Waals surface area (Å²) in [6.07, 6.45) is 2.30. The van der Waals surface area contributed by atoms with E-state index < -0.39 is 11.9 Å². The molecule has 0 aromatic carbocycles. The maximum Gasteiger partial charge on any atom is 0.317 e. The molecule has 2 heterocycles. The number of likely N-dealkylation sites (N-methyl/N-ethyl adjacent to an activating group) is 1. The van der Waals surface area contributed by atoms with Gasteiger partial charge in [0.2, 0.25) is 5.91 Å². The molecular formula is C24H43N5O6. The number of nitrogens with zero attached hydrogens (tertiary/aromatic N) is 5. The van der Waals surface area contributed by atoms with Gasteiger partial charge in [-0.3, -0.25) is 29.1 Å². The third kappa shape index (κ3) is 11.5. The highest BCUT2D eigenvalue weighted by Crippen LogP contribution is 2.21. The van der Waals surface area contributed by atoms with Crippen LogP contribution in [-0.2, 0) is 19.2 Å². The van der Waals surface area contributed by atoms with Crippen LogP contribution in [0.15, 0.2) is 0 Å². The zero-order chi connectivity index (χ0) is 25.8. The molecule has 2 fully saturated rings. The number of ketones is 1. The van der Waals surface area contributed by atoms with Gasteiger partial charge in [0.25, 0.3) is 0 Å². The first-order valence-corrected chi connectivity index (χ1v) is 12.8. The molecule has 2 rings (SSSR count). The Hall–Kier alpha value is -2.08. The zero-order valence-corrected chi connectivity index (χ0v) is 21.4. The number of hydrogen-bond acceptors (Lipinski definition) is 8. The molecule has 0 saturated carbocycles. The average Bonchev–Trinajstić information content (AvgIpc) is 2.78. The summed E-state index contributed by atoms with van der Waals surface area (Å²) in [6.45, 7) is 10.7. The lowest BCUT2D eigenvalue weighted by molar-refractivity contribution is -0.140. The standard InChI is InChI=1S/C24H43N5O6/c1-3-25-8-10-26(17-22(31)29-6-4-21(5-7-29)16-20(2)30)12-13-28(19-24(34)35)15-14-27(11-9-25)18-23(32)33/h21H,3-19H2,1-2H3,(H,32,33)(H,34,35). The minimum absolute atomic E-state index is 0.0673. The van der Waals surface area contributed by atoms with Crippen molar-refractivity contribution in [1.29, 1.82) is 0 Å². The number of carbonyl (C=O) groups excluding carboxylic acids is 2.